The number of nitriles is 1. The van der Waals surface area contributed by atoms with Crippen molar-refractivity contribution in [1.29, 1.82) is 5.26 Å². The van der Waals surface area contributed by atoms with Gasteiger partial charge in [0, 0.05) is 25.6 Å². The lowest BCUT2D eigenvalue weighted by Gasteiger charge is -2.36. The summed E-state index contributed by atoms with van der Waals surface area (Å²) in [5.74, 6) is -0.560. The van der Waals surface area contributed by atoms with E-state index in [0.717, 1.165) is 12.8 Å². The first kappa shape index (κ1) is 25.3. The summed E-state index contributed by atoms with van der Waals surface area (Å²) < 4.78 is 5.58. The molecular weight excluding hydrogens is 450 g/mol. The maximum absolute atomic E-state index is 13.8. The summed E-state index contributed by atoms with van der Waals surface area (Å²) in [4.78, 5) is 55.3. The molecule has 0 bridgehead atoms. The summed E-state index contributed by atoms with van der Waals surface area (Å²) in [5, 5.41) is 15.2. The van der Waals surface area contributed by atoms with Crippen LogP contribution in [0.1, 0.15) is 72.1 Å². The van der Waals surface area contributed by atoms with Crippen molar-refractivity contribution in [2.45, 2.75) is 95.4 Å². The van der Waals surface area contributed by atoms with Crippen molar-refractivity contribution in [2.24, 2.45) is 11.8 Å². The van der Waals surface area contributed by atoms with Crippen LogP contribution in [0.25, 0.3) is 0 Å². The molecule has 1 spiro atoms. The number of likely N-dealkylation sites (tertiary alicyclic amines) is 2. The van der Waals surface area contributed by atoms with Gasteiger partial charge >= 0.3 is 6.09 Å². The van der Waals surface area contributed by atoms with Crippen LogP contribution in [0, 0.1) is 23.2 Å². The van der Waals surface area contributed by atoms with Crippen LogP contribution in [0.5, 0.6) is 0 Å². The standard InChI is InChI=1S/C25H37N5O5/c1-24(2,3)35-23(34)30-11-4-8-25(30)9-12-29(22(25)33)19(13-16-5-6-16)21(32)28-18(15-26)14-17-7-10-27-20(17)31/h16-19H,4-14H2,1-3H3,(H,27,31)(H,28,32)/t17-,18-,19?,25?/m0/s1. The lowest BCUT2D eigenvalue weighted by Crippen LogP contribution is -2.57. The Hall–Kier alpha value is -2.83. The second-order valence-corrected chi connectivity index (χ2v) is 11.4. The molecule has 4 amide bonds. The maximum Gasteiger partial charge on any atom is 0.411 e. The molecule has 1 aliphatic carbocycles. The molecule has 10 heteroatoms. The van der Waals surface area contributed by atoms with Crippen LogP contribution < -0.4 is 10.6 Å². The SMILES string of the molecule is CC(C)(C)OC(=O)N1CCCC12CCN(C(CC1CC1)C(=O)N[C@H](C#N)C[C@@H]1CCNC1=O)C2=O. The molecule has 3 heterocycles. The number of carbonyl (C=O) groups excluding carboxylic acids is 4. The summed E-state index contributed by atoms with van der Waals surface area (Å²) in [6.45, 7) is 6.81. The molecule has 4 fully saturated rings. The van der Waals surface area contributed by atoms with E-state index in [-0.39, 0.29) is 30.1 Å². The van der Waals surface area contributed by atoms with Gasteiger partial charge in [-0.2, -0.15) is 5.26 Å². The smallest absolute Gasteiger partial charge is 0.411 e. The Bertz CT molecular complexity index is 920. The molecule has 0 radical (unpaired) electrons. The Kier molecular flexibility index (Phi) is 6.98. The number of carbonyl (C=O) groups is 4. The molecule has 0 aromatic carbocycles. The summed E-state index contributed by atoms with van der Waals surface area (Å²) in [7, 11) is 0. The summed E-state index contributed by atoms with van der Waals surface area (Å²) >= 11 is 0. The number of nitrogens with one attached hydrogen (secondary N) is 2. The van der Waals surface area contributed by atoms with Crippen LogP contribution in [0.3, 0.4) is 0 Å². The fraction of sp³-hybridized carbons (Fsp3) is 0.800. The zero-order chi connectivity index (χ0) is 25.4. The number of amides is 4. The lowest BCUT2D eigenvalue weighted by molar-refractivity contribution is -0.143. The molecular formula is C25H37N5O5. The molecule has 4 aliphatic rings. The highest BCUT2D eigenvalue weighted by Gasteiger charge is 2.58. The molecule has 4 rings (SSSR count). The number of hydrogen-bond acceptors (Lipinski definition) is 6. The Morgan fingerprint density at radius 1 is 1.20 bits per heavy atom. The average Bonchev–Trinajstić information content (AvgIpc) is 3.21. The Labute approximate surface area is 206 Å². The highest BCUT2D eigenvalue weighted by atomic mass is 16.6. The predicted octanol–water partition coefficient (Wildman–Crippen LogP) is 1.69. The average molecular weight is 488 g/mol. The van der Waals surface area contributed by atoms with Crippen molar-refractivity contribution in [1.82, 2.24) is 20.4 Å². The first-order valence-electron chi connectivity index (χ1n) is 12.8. The molecule has 1 saturated carbocycles. The van der Waals surface area contributed by atoms with Crippen molar-refractivity contribution < 1.29 is 23.9 Å². The van der Waals surface area contributed by atoms with Crippen LogP contribution in [0.15, 0.2) is 0 Å². The molecule has 2 N–H and O–H groups in total. The quantitative estimate of drug-likeness (QED) is 0.562. The molecule has 4 atom stereocenters. The van der Waals surface area contributed by atoms with Gasteiger partial charge in [-0.3, -0.25) is 19.3 Å². The van der Waals surface area contributed by atoms with E-state index in [1.807, 2.05) is 0 Å². The van der Waals surface area contributed by atoms with Gasteiger partial charge < -0.3 is 20.3 Å². The fourth-order valence-electron chi connectivity index (χ4n) is 5.63. The van der Waals surface area contributed by atoms with Crippen LogP contribution in [0.4, 0.5) is 4.79 Å². The van der Waals surface area contributed by atoms with E-state index in [1.54, 1.807) is 30.6 Å². The van der Waals surface area contributed by atoms with E-state index in [0.29, 0.717) is 57.7 Å². The minimum atomic E-state index is -0.971. The highest BCUT2D eigenvalue weighted by molar-refractivity contribution is 5.96. The van der Waals surface area contributed by atoms with Crippen molar-refractivity contribution in [3.63, 3.8) is 0 Å². The fourth-order valence-corrected chi connectivity index (χ4v) is 5.63. The lowest BCUT2D eigenvalue weighted by atomic mass is 9.94. The zero-order valence-electron chi connectivity index (χ0n) is 21.0. The second kappa shape index (κ2) is 9.67. The minimum absolute atomic E-state index is 0.0887. The van der Waals surface area contributed by atoms with Gasteiger partial charge in [0.2, 0.25) is 17.7 Å². The van der Waals surface area contributed by atoms with Crippen LogP contribution in [-0.4, -0.2) is 76.5 Å². The van der Waals surface area contributed by atoms with Gasteiger partial charge in [-0.15, -0.1) is 0 Å². The van der Waals surface area contributed by atoms with Crippen LogP contribution >= 0.6 is 0 Å². The van der Waals surface area contributed by atoms with Gasteiger partial charge in [-0.05, 0) is 65.2 Å². The Balaban J connectivity index is 1.48. The van der Waals surface area contributed by atoms with E-state index in [1.165, 1.54) is 0 Å². The summed E-state index contributed by atoms with van der Waals surface area (Å²) in [5.41, 5.74) is -1.64. The first-order chi connectivity index (χ1) is 16.5. The molecule has 0 aromatic rings. The van der Waals surface area contributed by atoms with E-state index in [9.17, 15) is 24.4 Å². The molecule has 10 nitrogen and oxygen atoms in total. The van der Waals surface area contributed by atoms with E-state index >= 15 is 0 Å². The first-order valence-corrected chi connectivity index (χ1v) is 12.8. The highest BCUT2D eigenvalue weighted by Crippen LogP contribution is 2.42. The van der Waals surface area contributed by atoms with Crippen LogP contribution in [-0.2, 0) is 19.1 Å². The molecule has 3 aliphatic heterocycles. The number of nitrogens with zero attached hydrogens (tertiary/aromatic N) is 3. The van der Waals surface area contributed by atoms with Gasteiger partial charge in [-0.25, -0.2) is 4.79 Å². The third-order valence-electron chi connectivity index (χ3n) is 7.62. The zero-order valence-corrected chi connectivity index (χ0v) is 21.0. The summed E-state index contributed by atoms with van der Waals surface area (Å²) in [6, 6.07) is 0.626. The van der Waals surface area contributed by atoms with Gasteiger partial charge in [0.1, 0.15) is 23.2 Å². The van der Waals surface area contributed by atoms with Gasteiger partial charge in [0.25, 0.3) is 0 Å². The largest absolute Gasteiger partial charge is 0.444 e. The normalized spacial score (nSPS) is 28.1. The van der Waals surface area contributed by atoms with Gasteiger partial charge in [0.15, 0.2) is 0 Å². The third-order valence-corrected chi connectivity index (χ3v) is 7.62. The van der Waals surface area contributed by atoms with Crippen molar-refractivity contribution in [3.05, 3.63) is 0 Å². The van der Waals surface area contributed by atoms with Crippen molar-refractivity contribution in [3.8, 4) is 6.07 Å². The van der Waals surface area contributed by atoms with E-state index < -0.39 is 29.3 Å². The van der Waals surface area contributed by atoms with Gasteiger partial charge in [0.05, 0.1) is 6.07 Å². The summed E-state index contributed by atoms with van der Waals surface area (Å²) in [6.07, 6.45) is 4.71. The second-order valence-electron chi connectivity index (χ2n) is 11.4. The minimum Gasteiger partial charge on any atom is -0.444 e. The topological polar surface area (TPSA) is 132 Å². The number of ether oxygens (including phenoxy) is 1. The number of rotatable bonds is 7. The third kappa shape index (κ3) is 5.39. The molecule has 192 valence electrons. The predicted molar refractivity (Wildman–Crippen MR) is 126 cm³/mol. The molecule has 35 heavy (non-hydrogen) atoms. The number of hydrogen-bond donors (Lipinski definition) is 2. The maximum atomic E-state index is 13.8. The Morgan fingerprint density at radius 3 is 2.54 bits per heavy atom. The van der Waals surface area contributed by atoms with Gasteiger partial charge in [-0.1, -0.05) is 12.8 Å². The monoisotopic (exact) mass is 487 g/mol. The molecule has 2 unspecified atom stereocenters. The van der Waals surface area contributed by atoms with Crippen molar-refractivity contribution in [2.75, 3.05) is 19.6 Å². The molecule has 0 aromatic heterocycles. The van der Waals surface area contributed by atoms with Crippen molar-refractivity contribution >= 4 is 23.8 Å². The molecule has 3 saturated heterocycles. The van der Waals surface area contributed by atoms with E-state index in [2.05, 4.69) is 16.7 Å². The Morgan fingerprint density at radius 2 is 1.94 bits per heavy atom. The van der Waals surface area contributed by atoms with Crippen LogP contribution in [0.2, 0.25) is 0 Å². The van der Waals surface area contributed by atoms with E-state index in [4.69, 9.17) is 4.74 Å².